The number of aliphatic hydroxyl groups is 4. The van der Waals surface area contributed by atoms with Crippen molar-refractivity contribution in [3.8, 4) is 5.75 Å². The number of aryl methyl sites for hydroxylation is 2. The first kappa shape index (κ1) is 27.2. The van der Waals surface area contributed by atoms with Crippen LogP contribution in [0.4, 0.5) is 0 Å². The van der Waals surface area contributed by atoms with E-state index >= 15 is 0 Å². The standard InChI is InChI=1S/C26H38N2O7/c29-19-22(31)26-25(33)21(30)18-28(24(32)11-15-27-12-4-5-13-27)14-7-17-34-23-10-2-1-8-20(23)9-3-6-16-35-26/h1-2,4-5,8,10,12-13,21-22,25-26,29-31,33H,3,6-7,9,11,14-19H2/t21-,22-,25-,26-/m1/s1. The smallest absolute Gasteiger partial charge is 0.224 e. The van der Waals surface area contributed by atoms with Crippen LogP contribution in [-0.4, -0.2) is 93.1 Å². The van der Waals surface area contributed by atoms with Gasteiger partial charge in [-0.1, -0.05) is 18.2 Å². The topological polar surface area (TPSA) is 125 Å². The molecular formula is C26H38N2O7. The molecule has 4 N–H and O–H groups in total. The largest absolute Gasteiger partial charge is 0.493 e. The van der Waals surface area contributed by atoms with Gasteiger partial charge < -0.3 is 39.4 Å². The Labute approximate surface area is 206 Å². The minimum Gasteiger partial charge on any atom is -0.493 e. The number of para-hydroxylation sites is 1. The molecule has 1 aromatic carbocycles. The Bertz CT molecular complexity index is 876. The molecular weight excluding hydrogens is 452 g/mol. The summed E-state index contributed by atoms with van der Waals surface area (Å²) in [5, 5.41) is 41.1. The van der Waals surface area contributed by atoms with E-state index < -0.39 is 31.0 Å². The molecule has 9 nitrogen and oxygen atoms in total. The van der Waals surface area contributed by atoms with E-state index in [1.807, 2.05) is 53.4 Å². The summed E-state index contributed by atoms with van der Waals surface area (Å²) in [5.74, 6) is 0.654. The van der Waals surface area contributed by atoms with Gasteiger partial charge in [0.1, 0.15) is 30.2 Å². The van der Waals surface area contributed by atoms with Crippen molar-refractivity contribution in [1.29, 1.82) is 0 Å². The number of ether oxygens (including phenoxy) is 2. The lowest BCUT2D eigenvalue weighted by molar-refractivity contribution is -0.151. The van der Waals surface area contributed by atoms with Crippen LogP contribution >= 0.6 is 0 Å². The van der Waals surface area contributed by atoms with E-state index in [1.165, 1.54) is 4.90 Å². The number of carbonyl (C=O) groups excluding carboxylic acids is 1. The Morgan fingerprint density at radius 3 is 2.60 bits per heavy atom. The number of rotatable bonds is 5. The molecule has 1 amide bonds. The van der Waals surface area contributed by atoms with Crippen molar-refractivity contribution in [3.63, 3.8) is 0 Å². The van der Waals surface area contributed by atoms with Crippen LogP contribution in [0.5, 0.6) is 5.75 Å². The third-order valence-corrected chi connectivity index (χ3v) is 6.26. The zero-order valence-corrected chi connectivity index (χ0v) is 20.1. The van der Waals surface area contributed by atoms with Crippen LogP contribution in [0.1, 0.15) is 31.2 Å². The summed E-state index contributed by atoms with van der Waals surface area (Å²) >= 11 is 0. The van der Waals surface area contributed by atoms with Gasteiger partial charge in [0.25, 0.3) is 0 Å². The van der Waals surface area contributed by atoms with Gasteiger partial charge in [-0.15, -0.1) is 0 Å². The van der Waals surface area contributed by atoms with Gasteiger partial charge in [0.15, 0.2) is 0 Å². The normalized spacial score (nSPS) is 23.8. The molecule has 0 aliphatic carbocycles. The van der Waals surface area contributed by atoms with E-state index in [0.29, 0.717) is 32.5 Å². The number of β-amino-alcohol motifs (C(OH)–C–C–N with tert-alkyl or cyclic N) is 1. The molecule has 2 aromatic rings. The van der Waals surface area contributed by atoms with Gasteiger partial charge in [0.2, 0.25) is 5.91 Å². The van der Waals surface area contributed by atoms with Crippen LogP contribution in [0, 0.1) is 0 Å². The number of fused-ring (bicyclic) bond motifs is 1. The number of amides is 1. The second kappa shape index (κ2) is 14.2. The van der Waals surface area contributed by atoms with Gasteiger partial charge in [-0.3, -0.25) is 4.79 Å². The Kier molecular flexibility index (Phi) is 11.0. The lowest BCUT2D eigenvalue weighted by Crippen LogP contribution is -2.52. The molecule has 0 saturated heterocycles. The number of aromatic nitrogens is 1. The zero-order chi connectivity index (χ0) is 25.0. The van der Waals surface area contributed by atoms with Gasteiger partial charge in [0.05, 0.1) is 13.2 Å². The van der Waals surface area contributed by atoms with E-state index in [1.54, 1.807) is 0 Å². The van der Waals surface area contributed by atoms with Crippen molar-refractivity contribution in [2.45, 2.75) is 63.1 Å². The molecule has 3 rings (SSSR count). The van der Waals surface area contributed by atoms with Gasteiger partial charge in [-0.2, -0.15) is 0 Å². The number of nitrogens with zero attached hydrogens (tertiary/aromatic N) is 2. The third kappa shape index (κ3) is 8.33. The van der Waals surface area contributed by atoms with Crippen LogP contribution in [0.2, 0.25) is 0 Å². The van der Waals surface area contributed by atoms with Gasteiger partial charge in [-0.05, 0) is 49.4 Å². The fourth-order valence-corrected chi connectivity index (χ4v) is 4.24. The quantitative estimate of drug-likeness (QED) is 0.492. The van der Waals surface area contributed by atoms with Crippen LogP contribution in [-0.2, 0) is 22.5 Å². The van der Waals surface area contributed by atoms with Crippen molar-refractivity contribution in [2.24, 2.45) is 0 Å². The number of carbonyl (C=O) groups is 1. The second-order valence-corrected chi connectivity index (χ2v) is 8.92. The number of benzene rings is 1. The summed E-state index contributed by atoms with van der Waals surface area (Å²) in [4.78, 5) is 14.5. The molecule has 194 valence electrons. The minimum atomic E-state index is -1.47. The van der Waals surface area contributed by atoms with E-state index in [9.17, 15) is 25.2 Å². The maximum absolute atomic E-state index is 13.0. The minimum absolute atomic E-state index is 0.125. The molecule has 0 fully saturated rings. The molecule has 0 unspecified atom stereocenters. The summed E-state index contributed by atoms with van der Waals surface area (Å²) in [5.41, 5.74) is 1.08. The van der Waals surface area contributed by atoms with Crippen molar-refractivity contribution >= 4 is 5.91 Å². The summed E-state index contributed by atoms with van der Waals surface area (Å²) in [6.07, 6.45) is 1.44. The molecule has 1 aromatic heterocycles. The SMILES string of the molecule is O=C(CCn1cccc1)N1CCCOc2ccccc2CCCCO[C@H]([C@H](O)CO)[C@H](O)[C@H](O)C1. The zero-order valence-electron chi connectivity index (χ0n) is 20.1. The average Bonchev–Trinajstić information content (AvgIpc) is 3.39. The fraction of sp³-hybridized carbons (Fsp3) is 0.577. The molecule has 4 atom stereocenters. The number of aliphatic hydroxyl groups excluding tert-OH is 4. The third-order valence-electron chi connectivity index (χ3n) is 6.26. The van der Waals surface area contributed by atoms with Crippen molar-refractivity contribution in [3.05, 3.63) is 54.4 Å². The number of hydrogen-bond donors (Lipinski definition) is 4. The monoisotopic (exact) mass is 490 g/mol. The van der Waals surface area contributed by atoms with Crippen molar-refractivity contribution < 1.29 is 34.7 Å². The Morgan fingerprint density at radius 1 is 1.06 bits per heavy atom. The highest BCUT2D eigenvalue weighted by Crippen LogP contribution is 2.21. The predicted molar refractivity (Wildman–Crippen MR) is 130 cm³/mol. The first-order valence-corrected chi connectivity index (χ1v) is 12.4. The summed E-state index contributed by atoms with van der Waals surface area (Å²) < 4.78 is 13.6. The van der Waals surface area contributed by atoms with Gasteiger partial charge in [-0.25, -0.2) is 0 Å². The van der Waals surface area contributed by atoms with Crippen LogP contribution in [0.3, 0.4) is 0 Å². The second-order valence-electron chi connectivity index (χ2n) is 8.92. The summed E-state index contributed by atoms with van der Waals surface area (Å²) in [7, 11) is 0. The van der Waals surface area contributed by atoms with E-state index in [0.717, 1.165) is 24.2 Å². The van der Waals surface area contributed by atoms with Crippen molar-refractivity contribution in [1.82, 2.24) is 9.47 Å². The van der Waals surface area contributed by atoms with Crippen LogP contribution in [0.25, 0.3) is 0 Å². The molecule has 9 heteroatoms. The molecule has 2 heterocycles. The average molecular weight is 491 g/mol. The Balaban J connectivity index is 1.73. The lowest BCUT2D eigenvalue weighted by Gasteiger charge is -2.33. The molecule has 0 bridgehead atoms. The van der Waals surface area contributed by atoms with Gasteiger partial charge >= 0.3 is 0 Å². The molecule has 0 spiro atoms. The molecule has 0 radical (unpaired) electrons. The van der Waals surface area contributed by atoms with Gasteiger partial charge in [0, 0.05) is 45.1 Å². The first-order valence-electron chi connectivity index (χ1n) is 12.4. The Hall–Kier alpha value is -2.43. The van der Waals surface area contributed by atoms with Crippen molar-refractivity contribution in [2.75, 3.05) is 32.9 Å². The van der Waals surface area contributed by atoms with E-state index in [2.05, 4.69) is 0 Å². The molecule has 0 saturated carbocycles. The summed E-state index contributed by atoms with van der Waals surface area (Å²) in [6.45, 7) is 0.753. The van der Waals surface area contributed by atoms with E-state index in [4.69, 9.17) is 9.47 Å². The van der Waals surface area contributed by atoms with Crippen LogP contribution < -0.4 is 4.74 Å². The molecule has 1 aliphatic rings. The lowest BCUT2D eigenvalue weighted by atomic mass is 10.0. The highest BCUT2D eigenvalue weighted by Gasteiger charge is 2.34. The maximum atomic E-state index is 13.0. The van der Waals surface area contributed by atoms with E-state index in [-0.39, 0.29) is 25.5 Å². The molecule has 1 aliphatic heterocycles. The van der Waals surface area contributed by atoms with Crippen LogP contribution in [0.15, 0.2) is 48.8 Å². The number of hydrogen-bond acceptors (Lipinski definition) is 7. The molecule has 35 heavy (non-hydrogen) atoms. The predicted octanol–water partition coefficient (Wildman–Crippen LogP) is 0.972. The first-order chi connectivity index (χ1) is 17.0. The highest BCUT2D eigenvalue weighted by molar-refractivity contribution is 5.76. The maximum Gasteiger partial charge on any atom is 0.224 e. The summed E-state index contributed by atoms with van der Waals surface area (Å²) in [6, 6.07) is 11.6. The highest BCUT2D eigenvalue weighted by atomic mass is 16.5. The fourth-order valence-electron chi connectivity index (χ4n) is 4.24. The Morgan fingerprint density at radius 2 is 1.83 bits per heavy atom.